The molecule has 0 radical (unpaired) electrons. The number of rotatable bonds is 11. The minimum Gasteiger partial charge on any atom is -0.493 e. The van der Waals surface area contributed by atoms with Crippen molar-refractivity contribution in [2.45, 2.75) is 136 Å². The normalized spacial score (nSPS) is 21.6. The molecule has 1 saturated heterocycles. The number of fused-ring (bicyclic) bond motifs is 4. The highest BCUT2D eigenvalue weighted by molar-refractivity contribution is 6.38. The van der Waals surface area contributed by atoms with Crippen LogP contribution in [-0.2, 0) is 70.2 Å². The van der Waals surface area contributed by atoms with Crippen LogP contribution in [0.1, 0.15) is 110 Å². The van der Waals surface area contributed by atoms with Crippen LogP contribution in [0.4, 0.5) is 0 Å². The third kappa shape index (κ3) is 19.6. The number of benzene rings is 4. The van der Waals surface area contributed by atoms with E-state index in [9.17, 15) is 43.2 Å². The van der Waals surface area contributed by atoms with E-state index in [2.05, 4.69) is 10.6 Å². The van der Waals surface area contributed by atoms with Gasteiger partial charge in [-0.2, -0.15) is 0 Å². The molecule has 5 atom stereocenters. The topological polar surface area (TPSA) is 246 Å². The standard InChI is InChI=1S/C67H88N6O15/c1-43(2)34-50-63(80)72(10)53(40-87-66(3,4)5)61(78)69-51(36-45-26-29-46-20-13-14-21-47(46)35-45)62(79)70(8)32-17-16-25-59(76)86-42-67(6,7)60(77)64(81)73-33-18-15-24-52(73)65(82)88-54(30-27-44-28-31-55(83-11)56(37-44)84-12)48-22-19-23-49(38-48)85-41-58(75)71(9)39-57(74)68-50/h13-14,16,19-23,25-26,28-29,31,35,37-38,43,50-54H,15,17-18,24,27,30,32-34,36,39-42H2,1-12H3,(H,68,74)(H,69,78)/t50-,51+,52+,53+,54-/m1/s1. The molecule has 2 N–H and O–H groups in total. The highest BCUT2D eigenvalue weighted by atomic mass is 16.5. The molecule has 6 rings (SSSR count). The summed E-state index contributed by atoms with van der Waals surface area (Å²) in [5.74, 6) is -5.19. The highest BCUT2D eigenvalue weighted by Gasteiger charge is 2.43. The van der Waals surface area contributed by atoms with Crippen LogP contribution in [0.3, 0.4) is 0 Å². The second-order valence-corrected chi connectivity index (χ2v) is 24.6. The van der Waals surface area contributed by atoms with Crippen molar-refractivity contribution in [2.75, 3.05) is 74.8 Å². The maximum Gasteiger partial charge on any atom is 0.330 e. The lowest BCUT2D eigenvalue weighted by Crippen LogP contribution is -2.59. The van der Waals surface area contributed by atoms with Gasteiger partial charge in [-0.15, -0.1) is 0 Å². The number of ether oxygens (including phenoxy) is 6. The first-order chi connectivity index (χ1) is 41.7. The van der Waals surface area contributed by atoms with E-state index in [-0.39, 0.29) is 63.5 Å². The number of carbonyl (C=O) groups is 9. The summed E-state index contributed by atoms with van der Waals surface area (Å²) in [6, 6.07) is 20.8. The summed E-state index contributed by atoms with van der Waals surface area (Å²) in [4.78, 5) is 133. The molecule has 21 heteroatoms. The Bertz CT molecular complexity index is 3170. The SMILES string of the molecule is COc1ccc(CC[C@H]2OC(=O)[C@@H]3CCCCN3C(=O)C(=O)C(C)(C)COC(=O)C=CCCN(C)C(=O)[C@H](Cc3ccc4ccccc4c3)NC(=O)[C@H](COC(C)(C)C)N(C)C(=O)[C@@H](CC(C)C)NC(=O)CN(C)C(=O)COc3cccc2c3)cc1OC. The smallest absolute Gasteiger partial charge is 0.330 e. The Labute approximate surface area is 516 Å². The number of esters is 2. The van der Waals surface area contributed by atoms with E-state index in [4.69, 9.17) is 28.4 Å². The number of ketones is 1. The van der Waals surface area contributed by atoms with Gasteiger partial charge in [-0.1, -0.05) is 80.6 Å². The van der Waals surface area contributed by atoms with E-state index >= 15 is 0 Å². The van der Waals surface area contributed by atoms with Gasteiger partial charge in [0.2, 0.25) is 29.4 Å². The van der Waals surface area contributed by atoms with Crippen molar-refractivity contribution in [3.63, 3.8) is 0 Å². The molecule has 2 bridgehead atoms. The Morgan fingerprint density at radius 2 is 1.45 bits per heavy atom. The number of methoxy groups -OCH3 is 2. The Morgan fingerprint density at radius 3 is 2.16 bits per heavy atom. The first-order valence-electron chi connectivity index (χ1n) is 30.0. The van der Waals surface area contributed by atoms with Crippen LogP contribution in [0.15, 0.2) is 97.1 Å². The largest absolute Gasteiger partial charge is 0.493 e. The summed E-state index contributed by atoms with van der Waals surface area (Å²) in [6.45, 7) is 10.6. The van der Waals surface area contributed by atoms with Crippen LogP contribution in [-0.4, -0.2) is 177 Å². The Kier molecular flexibility index (Phi) is 24.6. The number of likely N-dealkylation sites (N-methyl/N-ethyl adjacent to an activating group) is 3. The Balaban J connectivity index is 1.31. The number of hydrogen-bond donors (Lipinski definition) is 2. The molecule has 2 aliphatic heterocycles. The third-order valence-corrected chi connectivity index (χ3v) is 15.5. The van der Waals surface area contributed by atoms with Crippen LogP contribution in [0, 0.1) is 11.3 Å². The van der Waals surface area contributed by atoms with E-state index in [1.165, 1.54) is 69.0 Å². The summed E-state index contributed by atoms with van der Waals surface area (Å²) < 4.78 is 35.0. The molecular weight excluding hydrogens is 1130 g/mol. The number of cyclic esters (lactones) is 2. The fraction of sp³-hybridized carbons (Fsp3) is 0.507. The molecule has 0 aliphatic carbocycles. The Morgan fingerprint density at radius 1 is 0.739 bits per heavy atom. The quantitative estimate of drug-likeness (QED) is 0.117. The number of amides is 6. The number of piperidine rings is 1. The molecule has 476 valence electrons. The lowest BCUT2D eigenvalue weighted by atomic mass is 9.87. The molecule has 2 heterocycles. The monoisotopic (exact) mass is 1220 g/mol. The van der Waals surface area contributed by atoms with Gasteiger partial charge < -0.3 is 58.7 Å². The summed E-state index contributed by atoms with van der Waals surface area (Å²) in [5.41, 5.74) is -0.196. The molecule has 6 amide bonds. The number of Topliss-reactive ketones (excluding diaryl/α,β-unsaturated/α-hetero) is 1. The van der Waals surface area contributed by atoms with Crippen molar-refractivity contribution in [1.82, 2.24) is 30.2 Å². The highest BCUT2D eigenvalue weighted by Crippen LogP contribution is 2.33. The predicted octanol–water partition coefficient (Wildman–Crippen LogP) is 6.75. The molecule has 4 aromatic carbocycles. The Hall–Kier alpha value is -8.33. The first kappa shape index (κ1) is 68.8. The minimum absolute atomic E-state index is 0.0603. The fourth-order valence-electron chi connectivity index (χ4n) is 10.3. The van der Waals surface area contributed by atoms with Gasteiger partial charge in [0.05, 0.1) is 38.4 Å². The van der Waals surface area contributed by atoms with Crippen LogP contribution >= 0.6 is 0 Å². The van der Waals surface area contributed by atoms with E-state index in [0.717, 1.165) is 26.8 Å². The zero-order valence-corrected chi connectivity index (χ0v) is 53.0. The van der Waals surface area contributed by atoms with Gasteiger partial charge >= 0.3 is 11.9 Å². The van der Waals surface area contributed by atoms with Crippen molar-refractivity contribution in [2.24, 2.45) is 11.3 Å². The number of nitrogens with zero attached hydrogens (tertiary/aromatic N) is 4. The lowest BCUT2D eigenvalue weighted by molar-refractivity contribution is -0.165. The molecule has 88 heavy (non-hydrogen) atoms. The molecule has 4 aromatic rings. The van der Waals surface area contributed by atoms with Crippen molar-refractivity contribution < 1.29 is 71.6 Å². The van der Waals surface area contributed by atoms with Gasteiger partial charge in [-0.3, -0.25) is 33.6 Å². The number of carbonyl (C=O) groups excluding carboxylic acids is 9. The summed E-state index contributed by atoms with van der Waals surface area (Å²) in [6.07, 6.45) is 4.08. The number of hydrogen-bond acceptors (Lipinski definition) is 15. The van der Waals surface area contributed by atoms with Crippen molar-refractivity contribution in [1.29, 1.82) is 0 Å². The van der Waals surface area contributed by atoms with Gasteiger partial charge in [0, 0.05) is 46.7 Å². The van der Waals surface area contributed by atoms with Crippen LogP contribution in [0.25, 0.3) is 10.8 Å². The minimum atomic E-state index is -1.51. The molecule has 0 aromatic heterocycles. The van der Waals surface area contributed by atoms with E-state index in [0.29, 0.717) is 36.3 Å². The third-order valence-electron chi connectivity index (χ3n) is 15.5. The molecule has 1 fully saturated rings. The first-order valence-corrected chi connectivity index (χ1v) is 30.0. The summed E-state index contributed by atoms with van der Waals surface area (Å²) >= 11 is 0. The average Bonchev–Trinajstić information content (AvgIpc) is 1.76. The van der Waals surface area contributed by atoms with E-state index in [1.54, 1.807) is 58.2 Å². The lowest BCUT2D eigenvalue weighted by Gasteiger charge is -2.36. The predicted molar refractivity (Wildman–Crippen MR) is 330 cm³/mol. The molecule has 0 saturated carbocycles. The number of nitrogens with one attached hydrogen (secondary N) is 2. The zero-order chi connectivity index (χ0) is 64.5. The van der Waals surface area contributed by atoms with Gasteiger partial charge in [0.1, 0.15) is 42.6 Å². The maximum absolute atomic E-state index is 14.8. The van der Waals surface area contributed by atoms with Gasteiger partial charge in [0.25, 0.3) is 11.8 Å². The van der Waals surface area contributed by atoms with Crippen LogP contribution in [0.2, 0.25) is 0 Å². The fourth-order valence-corrected chi connectivity index (χ4v) is 10.3. The second-order valence-electron chi connectivity index (χ2n) is 24.6. The average molecular weight is 1220 g/mol. The van der Waals surface area contributed by atoms with Crippen molar-refractivity contribution in [3.05, 3.63) is 114 Å². The molecule has 2 aliphatic rings. The van der Waals surface area contributed by atoms with Crippen LogP contribution in [0.5, 0.6) is 17.2 Å². The van der Waals surface area contributed by atoms with Gasteiger partial charge in [0.15, 0.2) is 18.1 Å². The summed E-state index contributed by atoms with van der Waals surface area (Å²) in [7, 11) is 7.47. The second kappa shape index (κ2) is 31.5. The molecular formula is C67H88N6O15. The van der Waals surface area contributed by atoms with Crippen LogP contribution < -0.4 is 24.8 Å². The van der Waals surface area contributed by atoms with E-state index in [1.807, 2.05) is 68.4 Å². The van der Waals surface area contributed by atoms with E-state index < -0.39 is 114 Å². The van der Waals surface area contributed by atoms with Crippen molar-refractivity contribution in [3.8, 4) is 17.2 Å². The molecule has 0 unspecified atom stereocenters. The zero-order valence-electron chi connectivity index (χ0n) is 53.0. The summed E-state index contributed by atoms with van der Waals surface area (Å²) in [5, 5.41) is 7.63. The number of aryl methyl sites for hydroxylation is 1. The van der Waals surface area contributed by atoms with Gasteiger partial charge in [-0.25, -0.2) is 9.59 Å². The van der Waals surface area contributed by atoms with Gasteiger partial charge in [-0.05, 0) is 137 Å². The molecule has 0 spiro atoms. The van der Waals surface area contributed by atoms with Crippen molar-refractivity contribution >= 4 is 63.9 Å². The maximum atomic E-state index is 14.8. The molecule has 21 nitrogen and oxygen atoms in total.